The van der Waals surface area contributed by atoms with E-state index in [9.17, 15) is 0 Å². The summed E-state index contributed by atoms with van der Waals surface area (Å²) in [6.07, 6.45) is 3.32. The number of amidine groups is 1. The van der Waals surface area contributed by atoms with Crippen molar-refractivity contribution < 1.29 is 5.21 Å². The maximum absolute atomic E-state index is 8.81. The molecule has 0 aliphatic heterocycles. The van der Waals surface area contributed by atoms with Gasteiger partial charge in [-0.3, -0.25) is 4.57 Å². The van der Waals surface area contributed by atoms with Crippen molar-refractivity contribution in [2.24, 2.45) is 10.9 Å². The molecule has 2 aromatic heterocycles. The summed E-state index contributed by atoms with van der Waals surface area (Å²) in [5.41, 5.74) is 7.49. The molecule has 3 aromatic rings. The summed E-state index contributed by atoms with van der Waals surface area (Å²) >= 11 is 0. The van der Waals surface area contributed by atoms with Crippen LogP contribution in [0.15, 0.2) is 47.9 Å². The van der Waals surface area contributed by atoms with Crippen LogP contribution in [0.5, 0.6) is 0 Å². The first-order chi connectivity index (χ1) is 9.70. The topological polar surface area (TPSA) is 89.3 Å². The van der Waals surface area contributed by atoms with Gasteiger partial charge in [0.1, 0.15) is 5.82 Å². The first kappa shape index (κ1) is 12.2. The quantitative estimate of drug-likeness (QED) is 0.321. The van der Waals surface area contributed by atoms with Crippen molar-refractivity contribution in [2.45, 2.75) is 6.92 Å². The summed E-state index contributed by atoms with van der Waals surface area (Å²) in [6, 6.07) is 9.92. The van der Waals surface area contributed by atoms with E-state index in [2.05, 4.69) is 15.1 Å². The van der Waals surface area contributed by atoms with Crippen LogP contribution in [0.25, 0.3) is 16.7 Å². The molecule has 0 aliphatic rings. The van der Waals surface area contributed by atoms with Crippen molar-refractivity contribution in [3.8, 4) is 5.82 Å². The predicted molar refractivity (Wildman–Crippen MR) is 76.1 cm³/mol. The molecule has 2 heterocycles. The molecule has 0 amide bonds. The number of fused-ring (bicyclic) bond motifs is 1. The number of pyridine rings is 1. The van der Waals surface area contributed by atoms with Crippen LogP contribution in [0.3, 0.4) is 0 Å². The zero-order chi connectivity index (χ0) is 14.1. The standard InChI is InChI=1S/C14H13N5O/c1-9-8-10-4-2-3-5-11(10)17-13(9)19-7-6-16-14(19)12(15)18-20/h2-8,20H,1H3,(H2,15,18). The van der Waals surface area contributed by atoms with Gasteiger partial charge in [-0.05, 0) is 24.6 Å². The Morgan fingerprint density at radius 2 is 2.15 bits per heavy atom. The average molecular weight is 267 g/mol. The molecule has 0 aliphatic carbocycles. The molecule has 0 spiro atoms. The Labute approximate surface area is 115 Å². The monoisotopic (exact) mass is 267 g/mol. The fraction of sp³-hybridized carbons (Fsp3) is 0.0714. The van der Waals surface area contributed by atoms with Gasteiger partial charge in [0.2, 0.25) is 5.84 Å². The number of benzene rings is 1. The first-order valence-electron chi connectivity index (χ1n) is 6.08. The number of hydrogen-bond donors (Lipinski definition) is 2. The number of hydrogen-bond acceptors (Lipinski definition) is 4. The Hall–Kier alpha value is -2.89. The van der Waals surface area contributed by atoms with Crippen LogP contribution >= 0.6 is 0 Å². The van der Waals surface area contributed by atoms with Gasteiger partial charge in [-0.2, -0.15) is 0 Å². The summed E-state index contributed by atoms with van der Waals surface area (Å²) in [5, 5.41) is 12.9. The molecular weight excluding hydrogens is 254 g/mol. The minimum Gasteiger partial charge on any atom is -0.409 e. The highest BCUT2D eigenvalue weighted by Crippen LogP contribution is 2.19. The van der Waals surface area contributed by atoms with Crippen LogP contribution in [0.4, 0.5) is 0 Å². The Morgan fingerprint density at radius 1 is 1.35 bits per heavy atom. The molecule has 0 unspecified atom stereocenters. The summed E-state index contributed by atoms with van der Waals surface area (Å²) in [4.78, 5) is 8.72. The molecule has 6 nitrogen and oxygen atoms in total. The summed E-state index contributed by atoms with van der Waals surface area (Å²) in [5.74, 6) is 1.02. The average Bonchev–Trinajstić information content (AvgIpc) is 2.95. The van der Waals surface area contributed by atoms with E-state index < -0.39 is 0 Å². The molecule has 0 saturated carbocycles. The molecule has 1 aromatic carbocycles. The Kier molecular flexibility index (Phi) is 2.83. The molecule has 6 heteroatoms. The lowest BCUT2D eigenvalue weighted by Gasteiger charge is -2.10. The fourth-order valence-electron chi connectivity index (χ4n) is 2.16. The number of aryl methyl sites for hydroxylation is 1. The SMILES string of the molecule is Cc1cc2ccccc2nc1-n1ccnc1/C(N)=N/O. The molecule has 3 rings (SSSR count). The number of imidazole rings is 1. The van der Waals surface area contributed by atoms with Crippen LogP contribution in [0.2, 0.25) is 0 Å². The fourth-order valence-corrected chi connectivity index (χ4v) is 2.16. The van der Waals surface area contributed by atoms with E-state index in [1.54, 1.807) is 17.0 Å². The highest BCUT2D eigenvalue weighted by molar-refractivity contribution is 5.94. The lowest BCUT2D eigenvalue weighted by Crippen LogP contribution is -2.19. The third-order valence-corrected chi connectivity index (χ3v) is 3.09. The van der Waals surface area contributed by atoms with Gasteiger partial charge in [0.05, 0.1) is 5.52 Å². The van der Waals surface area contributed by atoms with Crippen molar-refractivity contribution in [2.75, 3.05) is 0 Å². The maximum atomic E-state index is 8.81. The molecule has 0 fully saturated rings. The van der Waals surface area contributed by atoms with E-state index in [0.717, 1.165) is 16.5 Å². The van der Waals surface area contributed by atoms with Crippen LogP contribution in [-0.2, 0) is 0 Å². The van der Waals surface area contributed by atoms with Crippen molar-refractivity contribution >= 4 is 16.7 Å². The lowest BCUT2D eigenvalue weighted by atomic mass is 10.1. The van der Waals surface area contributed by atoms with Crippen molar-refractivity contribution in [3.63, 3.8) is 0 Å². The molecule has 0 saturated heterocycles. The third-order valence-electron chi connectivity index (χ3n) is 3.09. The van der Waals surface area contributed by atoms with Crippen LogP contribution < -0.4 is 5.73 Å². The smallest absolute Gasteiger partial charge is 0.206 e. The Balaban J connectivity index is 2.25. The minimum atomic E-state index is -0.0515. The molecule has 0 atom stereocenters. The maximum Gasteiger partial charge on any atom is 0.206 e. The highest BCUT2D eigenvalue weighted by atomic mass is 16.4. The largest absolute Gasteiger partial charge is 0.409 e. The zero-order valence-electron chi connectivity index (χ0n) is 10.9. The van der Waals surface area contributed by atoms with Gasteiger partial charge in [0, 0.05) is 17.8 Å². The van der Waals surface area contributed by atoms with Gasteiger partial charge in [0.25, 0.3) is 0 Å². The van der Waals surface area contributed by atoms with Crippen LogP contribution in [0.1, 0.15) is 11.4 Å². The Bertz CT molecular complexity index is 806. The number of aromatic nitrogens is 3. The molecule has 0 bridgehead atoms. The van der Waals surface area contributed by atoms with Crippen molar-refractivity contribution in [1.82, 2.24) is 14.5 Å². The van der Waals surface area contributed by atoms with E-state index in [-0.39, 0.29) is 5.84 Å². The molecular formula is C14H13N5O. The van der Waals surface area contributed by atoms with Gasteiger partial charge in [-0.15, -0.1) is 0 Å². The van der Waals surface area contributed by atoms with E-state index >= 15 is 0 Å². The molecule has 20 heavy (non-hydrogen) atoms. The lowest BCUT2D eigenvalue weighted by molar-refractivity contribution is 0.318. The van der Waals surface area contributed by atoms with Crippen LogP contribution in [-0.4, -0.2) is 25.6 Å². The summed E-state index contributed by atoms with van der Waals surface area (Å²) in [7, 11) is 0. The third kappa shape index (κ3) is 1.87. The first-order valence-corrected chi connectivity index (χ1v) is 6.08. The summed E-state index contributed by atoms with van der Waals surface area (Å²) < 4.78 is 1.71. The minimum absolute atomic E-state index is 0.0515. The van der Waals surface area contributed by atoms with E-state index in [1.165, 1.54) is 0 Å². The van der Waals surface area contributed by atoms with E-state index in [0.29, 0.717) is 11.6 Å². The van der Waals surface area contributed by atoms with Gasteiger partial charge in [-0.25, -0.2) is 9.97 Å². The Morgan fingerprint density at radius 3 is 2.95 bits per heavy atom. The van der Waals surface area contributed by atoms with Gasteiger partial charge >= 0.3 is 0 Å². The van der Waals surface area contributed by atoms with Crippen molar-refractivity contribution in [3.05, 3.63) is 54.1 Å². The second kappa shape index (κ2) is 4.65. The van der Waals surface area contributed by atoms with Gasteiger partial charge < -0.3 is 10.9 Å². The van der Waals surface area contributed by atoms with Gasteiger partial charge in [-0.1, -0.05) is 23.4 Å². The van der Waals surface area contributed by atoms with Gasteiger partial charge in [0.15, 0.2) is 5.82 Å². The second-order valence-corrected chi connectivity index (χ2v) is 4.43. The van der Waals surface area contributed by atoms with E-state index in [4.69, 9.17) is 10.9 Å². The normalized spacial score (nSPS) is 11.9. The number of oxime groups is 1. The van der Waals surface area contributed by atoms with Crippen molar-refractivity contribution in [1.29, 1.82) is 0 Å². The van der Waals surface area contributed by atoms with Crippen LogP contribution in [0, 0.1) is 6.92 Å². The predicted octanol–water partition coefficient (Wildman–Crippen LogP) is 1.82. The number of nitrogens with two attached hydrogens (primary N) is 1. The number of para-hydroxylation sites is 1. The highest BCUT2D eigenvalue weighted by Gasteiger charge is 2.13. The molecule has 0 radical (unpaired) electrons. The summed E-state index contributed by atoms with van der Waals surface area (Å²) in [6.45, 7) is 1.96. The second-order valence-electron chi connectivity index (χ2n) is 4.43. The molecule has 100 valence electrons. The number of nitrogens with zero attached hydrogens (tertiary/aromatic N) is 4. The molecule has 3 N–H and O–H groups in total. The van der Waals surface area contributed by atoms with E-state index in [1.807, 2.05) is 37.3 Å². The zero-order valence-corrected chi connectivity index (χ0v) is 10.9. The number of rotatable bonds is 2.